The smallest absolute Gasteiger partial charge is 0.253 e. The summed E-state index contributed by atoms with van der Waals surface area (Å²) < 4.78 is 10.6. The number of carbonyl (C=O) groups is 1. The third-order valence-corrected chi connectivity index (χ3v) is 4.93. The van der Waals surface area contributed by atoms with Gasteiger partial charge in [0, 0.05) is 24.1 Å². The Hall–Kier alpha value is -2.14. The SMILES string of the molecule is COc1ccc(CCN(C)C(=O)c2cc(SC)ccc2C)cc1OC. The van der Waals surface area contributed by atoms with E-state index in [9.17, 15) is 4.79 Å². The highest BCUT2D eigenvalue weighted by molar-refractivity contribution is 7.98. The van der Waals surface area contributed by atoms with Crippen LogP contribution in [0.5, 0.6) is 11.5 Å². The molecular formula is C20H25NO3S. The Labute approximate surface area is 154 Å². The summed E-state index contributed by atoms with van der Waals surface area (Å²) in [6, 6.07) is 11.9. The summed E-state index contributed by atoms with van der Waals surface area (Å²) in [6.07, 6.45) is 2.77. The van der Waals surface area contributed by atoms with Crippen LogP contribution in [0.1, 0.15) is 21.5 Å². The minimum atomic E-state index is 0.0499. The van der Waals surface area contributed by atoms with Gasteiger partial charge in [0.25, 0.3) is 5.91 Å². The van der Waals surface area contributed by atoms with Crippen LogP contribution in [0.15, 0.2) is 41.3 Å². The quantitative estimate of drug-likeness (QED) is 0.699. The number of hydrogen-bond acceptors (Lipinski definition) is 4. The number of benzene rings is 2. The van der Waals surface area contributed by atoms with Crippen LogP contribution >= 0.6 is 11.8 Å². The number of methoxy groups -OCH3 is 2. The van der Waals surface area contributed by atoms with Crippen molar-refractivity contribution in [3.05, 3.63) is 53.1 Å². The van der Waals surface area contributed by atoms with Crippen molar-refractivity contribution in [2.75, 3.05) is 34.1 Å². The Morgan fingerprint density at radius 1 is 1.08 bits per heavy atom. The van der Waals surface area contributed by atoms with Crippen LogP contribution in [0.25, 0.3) is 0 Å². The average Bonchev–Trinajstić information content (AvgIpc) is 2.65. The van der Waals surface area contributed by atoms with E-state index in [1.54, 1.807) is 30.9 Å². The van der Waals surface area contributed by atoms with Crippen molar-refractivity contribution in [2.45, 2.75) is 18.2 Å². The van der Waals surface area contributed by atoms with Gasteiger partial charge in [-0.1, -0.05) is 12.1 Å². The number of carbonyl (C=O) groups excluding carboxylic acids is 1. The van der Waals surface area contributed by atoms with Gasteiger partial charge in [-0.15, -0.1) is 11.8 Å². The lowest BCUT2D eigenvalue weighted by Gasteiger charge is -2.19. The van der Waals surface area contributed by atoms with Crippen molar-refractivity contribution in [1.29, 1.82) is 0 Å². The molecule has 2 aromatic carbocycles. The second-order valence-corrected chi connectivity index (χ2v) is 6.73. The molecule has 0 aliphatic rings. The monoisotopic (exact) mass is 359 g/mol. The van der Waals surface area contributed by atoms with Crippen molar-refractivity contribution < 1.29 is 14.3 Å². The molecule has 2 aromatic rings. The largest absolute Gasteiger partial charge is 0.493 e. The molecule has 0 radical (unpaired) electrons. The molecule has 25 heavy (non-hydrogen) atoms. The van der Waals surface area contributed by atoms with Crippen LogP contribution in [-0.2, 0) is 6.42 Å². The fraction of sp³-hybridized carbons (Fsp3) is 0.350. The number of thioether (sulfide) groups is 1. The van der Waals surface area contributed by atoms with Crippen molar-refractivity contribution in [3.63, 3.8) is 0 Å². The van der Waals surface area contributed by atoms with E-state index in [0.717, 1.165) is 28.0 Å². The first-order chi connectivity index (χ1) is 12.0. The van der Waals surface area contributed by atoms with E-state index in [1.165, 1.54) is 0 Å². The molecule has 4 nitrogen and oxygen atoms in total. The van der Waals surface area contributed by atoms with Crippen LogP contribution < -0.4 is 9.47 Å². The van der Waals surface area contributed by atoms with Crippen LogP contribution in [0.2, 0.25) is 0 Å². The molecule has 0 atom stereocenters. The number of nitrogens with zero attached hydrogens (tertiary/aromatic N) is 1. The molecule has 0 saturated heterocycles. The molecule has 0 spiro atoms. The van der Waals surface area contributed by atoms with Gasteiger partial charge in [0.2, 0.25) is 0 Å². The first-order valence-corrected chi connectivity index (χ1v) is 9.33. The Morgan fingerprint density at radius 3 is 2.44 bits per heavy atom. The van der Waals surface area contributed by atoms with Gasteiger partial charge in [-0.05, 0) is 55.0 Å². The molecule has 0 aliphatic heterocycles. The van der Waals surface area contributed by atoms with E-state index in [1.807, 2.05) is 56.6 Å². The van der Waals surface area contributed by atoms with E-state index in [4.69, 9.17) is 9.47 Å². The maximum Gasteiger partial charge on any atom is 0.253 e. The van der Waals surface area contributed by atoms with Crippen molar-refractivity contribution in [2.24, 2.45) is 0 Å². The number of likely N-dealkylation sites (N-methyl/N-ethyl adjacent to an activating group) is 1. The molecule has 0 fully saturated rings. The lowest BCUT2D eigenvalue weighted by Crippen LogP contribution is -2.29. The Kier molecular flexibility index (Phi) is 6.76. The van der Waals surface area contributed by atoms with Gasteiger partial charge in [-0.25, -0.2) is 0 Å². The zero-order valence-electron chi connectivity index (χ0n) is 15.5. The molecule has 2 rings (SSSR count). The molecule has 134 valence electrons. The van der Waals surface area contributed by atoms with Gasteiger partial charge >= 0.3 is 0 Å². The molecule has 0 heterocycles. The zero-order valence-corrected chi connectivity index (χ0v) is 16.3. The van der Waals surface area contributed by atoms with E-state index in [-0.39, 0.29) is 5.91 Å². The number of amides is 1. The number of aryl methyl sites for hydroxylation is 1. The minimum Gasteiger partial charge on any atom is -0.493 e. The lowest BCUT2D eigenvalue weighted by atomic mass is 10.1. The van der Waals surface area contributed by atoms with E-state index in [0.29, 0.717) is 18.0 Å². The summed E-state index contributed by atoms with van der Waals surface area (Å²) >= 11 is 1.64. The molecular weight excluding hydrogens is 334 g/mol. The Balaban J connectivity index is 2.07. The molecule has 5 heteroatoms. The molecule has 0 aromatic heterocycles. The fourth-order valence-electron chi connectivity index (χ4n) is 2.60. The zero-order chi connectivity index (χ0) is 18.4. The van der Waals surface area contributed by atoms with E-state index < -0.39 is 0 Å². The molecule has 1 amide bonds. The van der Waals surface area contributed by atoms with Gasteiger partial charge in [-0.3, -0.25) is 4.79 Å². The lowest BCUT2D eigenvalue weighted by molar-refractivity contribution is 0.0795. The predicted molar refractivity (Wildman–Crippen MR) is 103 cm³/mol. The fourth-order valence-corrected chi connectivity index (χ4v) is 3.04. The van der Waals surface area contributed by atoms with Crippen LogP contribution in [0.3, 0.4) is 0 Å². The summed E-state index contributed by atoms with van der Waals surface area (Å²) in [6.45, 7) is 2.61. The minimum absolute atomic E-state index is 0.0499. The first-order valence-electron chi connectivity index (χ1n) is 8.11. The molecule has 0 unspecified atom stereocenters. The van der Waals surface area contributed by atoms with E-state index in [2.05, 4.69) is 0 Å². The Morgan fingerprint density at radius 2 is 1.80 bits per heavy atom. The molecule has 0 bridgehead atoms. The summed E-state index contributed by atoms with van der Waals surface area (Å²) in [5.74, 6) is 1.46. The van der Waals surface area contributed by atoms with Gasteiger partial charge in [-0.2, -0.15) is 0 Å². The number of rotatable bonds is 7. The van der Waals surface area contributed by atoms with Gasteiger partial charge in [0.1, 0.15) is 0 Å². The van der Waals surface area contributed by atoms with Crippen molar-refractivity contribution >= 4 is 17.7 Å². The van der Waals surface area contributed by atoms with Gasteiger partial charge < -0.3 is 14.4 Å². The first kappa shape index (κ1) is 19.2. The number of hydrogen-bond donors (Lipinski definition) is 0. The van der Waals surface area contributed by atoms with E-state index >= 15 is 0 Å². The van der Waals surface area contributed by atoms with Gasteiger partial charge in [0.15, 0.2) is 11.5 Å². The predicted octanol–water partition coefficient (Wildman–Crippen LogP) is 4.05. The Bertz CT molecular complexity index is 746. The van der Waals surface area contributed by atoms with Crippen LogP contribution in [0.4, 0.5) is 0 Å². The normalized spacial score (nSPS) is 10.4. The summed E-state index contributed by atoms with van der Waals surface area (Å²) in [4.78, 5) is 15.6. The summed E-state index contributed by atoms with van der Waals surface area (Å²) in [5.41, 5.74) is 2.87. The van der Waals surface area contributed by atoms with Crippen LogP contribution in [0, 0.1) is 6.92 Å². The number of ether oxygens (including phenoxy) is 2. The highest BCUT2D eigenvalue weighted by Crippen LogP contribution is 2.28. The molecule has 0 aliphatic carbocycles. The average molecular weight is 359 g/mol. The standard InChI is InChI=1S/C20H25NO3S/c1-14-6-8-16(25-5)13-17(14)20(22)21(2)11-10-15-7-9-18(23-3)19(12-15)24-4/h6-9,12-13H,10-11H2,1-5H3. The maximum atomic E-state index is 12.8. The second-order valence-electron chi connectivity index (χ2n) is 5.85. The second kappa shape index (κ2) is 8.81. The summed E-state index contributed by atoms with van der Waals surface area (Å²) in [5, 5.41) is 0. The maximum absolute atomic E-state index is 12.8. The highest BCUT2D eigenvalue weighted by atomic mass is 32.2. The van der Waals surface area contributed by atoms with Crippen molar-refractivity contribution in [3.8, 4) is 11.5 Å². The summed E-state index contributed by atoms with van der Waals surface area (Å²) in [7, 11) is 5.09. The van der Waals surface area contributed by atoms with Gasteiger partial charge in [0.05, 0.1) is 14.2 Å². The van der Waals surface area contributed by atoms with Crippen LogP contribution in [-0.4, -0.2) is 44.9 Å². The molecule has 0 N–H and O–H groups in total. The third kappa shape index (κ3) is 4.69. The molecule has 0 saturated carbocycles. The van der Waals surface area contributed by atoms with Crippen molar-refractivity contribution in [1.82, 2.24) is 4.90 Å². The topological polar surface area (TPSA) is 38.8 Å². The highest BCUT2D eigenvalue weighted by Gasteiger charge is 2.15. The third-order valence-electron chi connectivity index (χ3n) is 4.21.